The van der Waals surface area contributed by atoms with E-state index in [0.717, 1.165) is 0 Å². The lowest BCUT2D eigenvalue weighted by atomic mass is 9.94. The highest BCUT2D eigenvalue weighted by Crippen LogP contribution is 2.38. The summed E-state index contributed by atoms with van der Waals surface area (Å²) in [6, 6.07) is 3.01. The fourth-order valence-corrected chi connectivity index (χ4v) is 1.52. The molecule has 13 heavy (non-hydrogen) atoms. The smallest absolute Gasteiger partial charge is 0.165 e. The van der Waals surface area contributed by atoms with Crippen LogP contribution in [0.25, 0.3) is 6.08 Å². The van der Waals surface area contributed by atoms with Gasteiger partial charge in [0, 0.05) is 5.56 Å². The molecule has 0 fully saturated rings. The second-order valence-corrected chi connectivity index (χ2v) is 3.09. The molecule has 2 rings (SSSR count). The Morgan fingerprint density at radius 3 is 2.77 bits per heavy atom. The number of phenols is 2. The van der Waals surface area contributed by atoms with Crippen molar-refractivity contribution in [1.29, 1.82) is 0 Å². The molecule has 1 aliphatic carbocycles. The molecular weight excluding hydrogens is 168 g/mol. The second-order valence-electron chi connectivity index (χ2n) is 3.09. The zero-order chi connectivity index (χ0) is 9.42. The number of hydrogen-bond acceptors (Lipinski definition) is 3. The van der Waals surface area contributed by atoms with Crippen LogP contribution in [0.2, 0.25) is 0 Å². The number of aliphatic hydroxyl groups excluding tert-OH is 1. The van der Waals surface area contributed by atoms with E-state index in [-0.39, 0.29) is 11.5 Å². The molecule has 1 aromatic carbocycles. The van der Waals surface area contributed by atoms with Gasteiger partial charge in [-0.2, -0.15) is 0 Å². The van der Waals surface area contributed by atoms with Crippen LogP contribution in [0.3, 0.4) is 0 Å². The van der Waals surface area contributed by atoms with E-state index in [2.05, 4.69) is 0 Å². The Labute approximate surface area is 75.6 Å². The lowest BCUT2D eigenvalue weighted by Crippen LogP contribution is -2.02. The summed E-state index contributed by atoms with van der Waals surface area (Å²) in [7, 11) is 0. The monoisotopic (exact) mass is 178 g/mol. The summed E-state index contributed by atoms with van der Waals surface area (Å²) < 4.78 is 0. The number of phenolic OH excluding ortho intramolecular Hbond substituents is 2. The van der Waals surface area contributed by atoms with Gasteiger partial charge in [0.05, 0.1) is 6.10 Å². The van der Waals surface area contributed by atoms with E-state index in [9.17, 15) is 15.3 Å². The van der Waals surface area contributed by atoms with Gasteiger partial charge in [0.1, 0.15) is 0 Å². The Hall–Kier alpha value is -1.48. The maximum Gasteiger partial charge on any atom is 0.165 e. The van der Waals surface area contributed by atoms with Crippen molar-refractivity contribution in [1.82, 2.24) is 0 Å². The zero-order valence-corrected chi connectivity index (χ0v) is 6.94. The van der Waals surface area contributed by atoms with E-state index < -0.39 is 6.10 Å². The van der Waals surface area contributed by atoms with Crippen LogP contribution in [-0.2, 0) is 0 Å². The van der Waals surface area contributed by atoms with Crippen molar-refractivity contribution in [3.63, 3.8) is 0 Å². The van der Waals surface area contributed by atoms with Gasteiger partial charge >= 0.3 is 0 Å². The molecular formula is C10H10O3. The third-order valence-corrected chi connectivity index (χ3v) is 2.23. The molecule has 0 radical (unpaired) electrons. The minimum atomic E-state index is -0.577. The van der Waals surface area contributed by atoms with E-state index >= 15 is 0 Å². The number of hydrogen-bond donors (Lipinski definition) is 3. The maximum atomic E-state index is 9.53. The molecule has 3 N–H and O–H groups in total. The molecule has 3 heteroatoms. The fraction of sp³-hybridized carbons (Fsp3) is 0.200. The van der Waals surface area contributed by atoms with Crippen LogP contribution in [0.15, 0.2) is 18.2 Å². The van der Waals surface area contributed by atoms with Gasteiger partial charge in [-0.15, -0.1) is 0 Å². The number of aromatic hydroxyl groups is 2. The highest BCUT2D eigenvalue weighted by Gasteiger charge is 2.18. The summed E-state index contributed by atoms with van der Waals surface area (Å²) >= 11 is 0. The Morgan fingerprint density at radius 2 is 2.00 bits per heavy atom. The quantitative estimate of drug-likeness (QED) is 0.528. The SMILES string of the molecule is Oc1ccc2c(c1O)C=CCC2O. The summed E-state index contributed by atoms with van der Waals surface area (Å²) in [6.07, 6.45) is 3.45. The van der Waals surface area contributed by atoms with Crippen LogP contribution in [0.5, 0.6) is 11.5 Å². The summed E-state index contributed by atoms with van der Waals surface area (Å²) in [5.74, 6) is -0.315. The molecule has 1 unspecified atom stereocenters. The average molecular weight is 178 g/mol. The van der Waals surface area contributed by atoms with Gasteiger partial charge in [-0.1, -0.05) is 18.2 Å². The highest BCUT2D eigenvalue weighted by atomic mass is 16.3. The molecule has 1 aliphatic rings. The van der Waals surface area contributed by atoms with Crippen molar-refractivity contribution in [3.05, 3.63) is 29.3 Å². The van der Waals surface area contributed by atoms with E-state index in [1.54, 1.807) is 18.2 Å². The molecule has 0 aromatic heterocycles. The van der Waals surface area contributed by atoms with E-state index in [4.69, 9.17) is 0 Å². The average Bonchev–Trinajstić information content (AvgIpc) is 2.12. The topological polar surface area (TPSA) is 60.7 Å². The molecule has 68 valence electrons. The molecule has 0 aliphatic heterocycles. The predicted octanol–water partition coefficient (Wildman–Crippen LogP) is 1.55. The van der Waals surface area contributed by atoms with E-state index in [1.165, 1.54) is 6.07 Å². The third-order valence-electron chi connectivity index (χ3n) is 2.23. The molecule has 0 heterocycles. The van der Waals surface area contributed by atoms with Gasteiger partial charge in [0.25, 0.3) is 0 Å². The molecule has 0 saturated carbocycles. The largest absolute Gasteiger partial charge is 0.504 e. The minimum absolute atomic E-state index is 0.155. The first-order valence-electron chi connectivity index (χ1n) is 4.09. The van der Waals surface area contributed by atoms with Gasteiger partial charge in [-0.05, 0) is 18.1 Å². The predicted molar refractivity (Wildman–Crippen MR) is 48.4 cm³/mol. The summed E-state index contributed by atoms with van der Waals surface area (Å²) in [5.41, 5.74) is 1.18. The van der Waals surface area contributed by atoms with Crippen LogP contribution in [-0.4, -0.2) is 15.3 Å². The van der Waals surface area contributed by atoms with Gasteiger partial charge in [0.15, 0.2) is 11.5 Å². The minimum Gasteiger partial charge on any atom is -0.504 e. The van der Waals surface area contributed by atoms with Crippen LogP contribution in [0, 0.1) is 0 Å². The number of aliphatic hydroxyl groups is 1. The molecule has 1 aromatic rings. The van der Waals surface area contributed by atoms with Crippen molar-refractivity contribution in [2.75, 3.05) is 0 Å². The Bertz CT molecular complexity index is 369. The number of benzene rings is 1. The molecule has 0 bridgehead atoms. The fourth-order valence-electron chi connectivity index (χ4n) is 1.52. The third kappa shape index (κ3) is 1.17. The molecule has 3 nitrogen and oxygen atoms in total. The Kier molecular flexibility index (Phi) is 1.74. The zero-order valence-electron chi connectivity index (χ0n) is 6.94. The standard InChI is InChI=1S/C10H10O3/c11-8-3-1-2-7-6(8)4-5-9(12)10(7)13/h1-2,4-5,8,11-13H,3H2. The van der Waals surface area contributed by atoms with Crippen molar-refractivity contribution >= 4 is 6.08 Å². The summed E-state index contributed by atoms with van der Waals surface area (Å²) in [4.78, 5) is 0. The summed E-state index contributed by atoms with van der Waals surface area (Å²) in [5, 5.41) is 28.2. The van der Waals surface area contributed by atoms with Gasteiger partial charge in [-0.3, -0.25) is 0 Å². The van der Waals surface area contributed by atoms with Crippen LogP contribution in [0.1, 0.15) is 23.7 Å². The van der Waals surface area contributed by atoms with Crippen LogP contribution < -0.4 is 0 Å². The first-order chi connectivity index (χ1) is 6.20. The van der Waals surface area contributed by atoms with Crippen molar-refractivity contribution in [2.24, 2.45) is 0 Å². The van der Waals surface area contributed by atoms with Crippen molar-refractivity contribution < 1.29 is 15.3 Å². The van der Waals surface area contributed by atoms with Gasteiger partial charge < -0.3 is 15.3 Å². The van der Waals surface area contributed by atoms with E-state index in [0.29, 0.717) is 17.5 Å². The van der Waals surface area contributed by atoms with E-state index in [1.807, 2.05) is 0 Å². The lowest BCUT2D eigenvalue weighted by Gasteiger charge is -2.17. The van der Waals surface area contributed by atoms with Gasteiger partial charge in [-0.25, -0.2) is 0 Å². The second kappa shape index (κ2) is 2.78. The van der Waals surface area contributed by atoms with Crippen LogP contribution >= 0.6 is 0 Å². The molecule has 1 atom stereocenters. The number of fused-ring (bicyclic) bond motifs is 1. The lowest BCUT2D eigenvalue weighted by molar-refractivity contribution is 0.179. The first-order valence-corrected chi connectivity index (χ1v) is 4.09. The molecule has 0 amide bonds. The molecule has 0 saturated heterocycles. The highest BCUT2D eigenvalue weighted by molar-refractivity contribution is 5.67. The Balaban J connectivity index is 2.65. The van der Waals surface area contributed by atoms with Crippen molar-refractivity contribution in [3.8, 4) is 11.5 Å². The molecule has 0 spiro atoms. The van der Waals surface area contributed by atoms with Crippen LogP contribution in [0.4, 0.5) is 0 Å². The van der Waals surface area contributed by atoms with Gasteiger partial charge in [0.2, 0.25) is 0 Å². The van der Waals surface area contributed by atoms with Crippen molar-refractivity contribution in [2.45, 2.75) is 12.5 Å². The first kappa shape index (κ1) is 8.13. The maximum absolute atomic E-state index is 9.53. The summed E-state index contributed by atoms with van der Waals surface area (Å²) in [6.45, 7) is 0. The number of rotatable bonds is 0. The normalized spacial score (nSPS) is 19.9. The Morgan fingerprint density at radius 1 is 1.23 bits per heavy atom.